The summed E-state index contributed by atoms with van der Waals surface area (Å²) in [5.74, 6) is 2.09. The van der Waals surface area contributed by atoms with Crippen LogP contribution in [0.5, 0.6) is 0 Å². The zero-order chi connectivity index (χ0) is 13.9. The molecule has 134 valence electrons. The lowest BCUT2D eigenvalue weighted by Crippen LogP contribution is -2.53. The number of carbonyl (C=O) groups is 1. The molecule has 2 saturated heterocycles. The Morgan fingerprint density at radius 3 is 2.52 bits per heavy atom. The van der Waals surface area contributed by atoms with Crippen molar-refractivity contribution < 1.29 is 4.79 Å². The third-order valence-electron chi connectivity index (χ3n) is 3.75. The van der Waals surface area contributed by atoms with Crippen LogP contribution in [0.2, 0.25) is 0 Å². The van der Waals surface area contributed by atoms with E-state index in [0.717, 1.165) is 55.1 Å². The molecule has 1 amide bonds. The Morgan fingerprint density at radius 2 is 2.00 bits per heavy atom. The average Bonchev–Trinajstić information content (AvgIpc) is 3.11. The zero-order valence-corrected chi connectivity index (χ0v) is 17.0. The minimum Gasteiger partial charge on any atom is -0.339 e. The van der Waals surface area contributed by atoms with Gasteiger partial charge < -0.3 is 4.90 Å². The van der Waals surface area contributed by atoms with Gasteiger partial charge in [0.15, 0.2) is 0 Å². The summed E-state index contributed by atoms with van der Waals surface area (Å²) in [5.41, 5.74) is 1.15. The monoisotopic (exact) mass is 420 g/mol. The van der Waals surface area contributed by atoms with Crippen molar-refractivity contribution in [1.29, 1.82) is 0 Å². The largest absolute Gasteiger partial charge is 0.339 e. The number of rotatable bonds is 3. The van der Waals surface area contributed by atoms with Gasteiger partial charge in [0.05, 0.1) is 16.7 Å². The summed E-state index contributed by atoms with van der Waals surface area (Å²) in [7, 11) is 0. The van der Waals surface area contributed by atoms with Gasteiger partial charge in [0.25, 0.3) is 0 Å². The van der Waals surface area contributed by atoms with Gasteiger partial charge in [0.2, 0.25) is 5.91 Å². The van der Waals surface area contributed by atoms with Gasteiger partial charge in [-0.15, -0.1) is 60.3 Å². The summed E-state index contributed by atoms with van der Waals surface area (Å²) in [4.78, 5) is 21.2. The quantitative estimate of drug-likeness (QED) is 0.809. The van der Waals surface area contributed by atoms with E-state index in [-0.39, 0.29) is 49.2 Å². The van der Waals surface area contributed by atoms with Crippen molar-refractivity contribution in [3.63, 3.8) is 0 Å². The number of hydrogen-bond acceptors (Lipinski definition) is 6. The Kier molecular flexibility index (Phi) is 11.1. The molecule has 0 aliphatic carbocycles. The fourth-order valence-electron chi connectivity index (χ4n) is 2.61. The molecule has 0 saturated carbocycles. The first-order chi connectivity index (χ1) is 9.72. The number of carbonyl (C=O) groups excluding carboxylic acids is 1. The van der Waals surface area contributed by atoms with Crippen molar-refractivity contribution in [1.82, 2.24) is 20.1 Å². The highest BCUT2D eigenvalue weighted by atomic mass is 35.5. The van der Waals surface area contributed by atoms with Gasteiger partial charge in [-0.2, -0.15) is 0 Å². The van der Waals surface area contributed by atoms with E-state index in [2.05, 4.69) is 20.6 Å². The van der Waals surface area contributed by atoms with Crippen LogP contribution in [0.3, 0.4) is 0 Å². The van der Waals surface area contributed by atoms with Gasteiger partial charge in [0, 0.05) is 49.7 Å². The van der Waals surface area contributed by atoms with Crippen LogP contribution in [0.15, 0.2) is 5.38 Å². The average molecular weight is 422 g/mol. The third-order valence-corrected chi connectivity index (χ3v) is 5.51. The standard InChI is InChI=1S/C13H20N4OS2.3ClH/c1-10-15-11(7-20-10)6-16-2-4-17(5-3-16)13(18)12-8-19-9-14-12;;;/h7,12,14H,2-6,8-9H2,1H3;3*1H. The van der Waals surface area contributed by atoms with Crippen molar-refractivity contribution in [2.75, 3.05) is 37.8 Å². The van der Waals surface area contributed by atoms with Crippen molar-refractivity contribution in [3.05, 3.63) is 16.1 Å². The maximum atomic E-state index is 12.3. The predicted octanol–water partition coefficient (Wildman–Crippen LogP) is 2.02. The molecular formula is C13H23Cl3N4OS2. The molecule has 0 radical (unpaired) electrons. The van der Waals surface area contributed by atoms with Crippen molar-refractivity contribution in [2.24, 2.45) is 0 Å². The van der Waals surface area contributed by atoms with E-state index in [1.807, 2.05) is 11.8 Å². The van der Waals surface area contributed by atoms with E-state index < -0.39 is 0 Å². The Bertz CT molecular complexity index is 478. The van der Waals surface area contributed by atoms with Crippen LogP contribution < -0.4 is 5.32 Å². The number of halogens is 3. The second-order valence-electron chi connectivity index (χ2n) is 5.23. The molecule has 0 spiro atoms. The highest BCUT2D eigenvalue weighted by Crippen LogP contribution is 2.15. The molecule has 0 bridgehead atoms. The van der Waals surface area contributed by atoms with E-state index in [9.17, 15) is 4.79 Å². The number of amides is 1. The highest BCUT2D eigenvalue weighted by Gasteiger charge is 2.29. The van der Waals surface area contributed by atoms with E-state index in [1.165, 1.54) is 0 Å². The SMILES string of the molecule is Cc1nc(CN2CCN(C(=O)C3CSCN3)CC2)cs1.Cl.Cl.Cl. The summed E-state index contributed by atoms with van der Waals surface area (Å²) >= 11 is 3.51. The molecule has 2 fully saturated rings. The topological polar surface area (TPSA) is 48.5 Å². The van der Waals surface area contributed by atoms with Crippen molar-refractivity contribution in [2.45, 2.75) is 19.5 Å². The lowest BCUT2D eigenvalue weighted by Gasteiger charge is -2.35. The normalized spacial score (nSPS) is 21.1. The Labute approximate surface area is 164 Å². The van der Waals surface area contributed by atoms with E-state index in [0.29, 0.717) is 0 Å². The first kappa shape index (κ1) is 23.2. The van der Waals surface area contributed by atoms with E-state index >= 15 is 0 Å². The summed E-state index contributed by atoms with van der Waals surface area (Å²) in [6, 6.07) is 0.0349. The third kappa shape index (κ3) is 6.23. The first-order valence-corrected chi connectivity index (χ1v) is 8.99. The minimum absolute atomic E-state index is 0. The lowest BCUT2D eigenvalue weighted by atomic mass is 10.2. The van der Waals surface area contributed by atoms with Gasteiger partial charge in [0.1, 0.15) is 0 Å². The van der Waals surface area contributed by atoms with Crippen LogP contribution >= 0.6 is 60.3 Å². The zero-order valence-electron chi connectivity index (χ0n) is 12.9. The predicted molar refractivity (Wildman–Crippen MR) is 105 cm³/mol. The maximum Gasteiger partial charge on any atom is 0.240 e. The molecule has 10 heteroatoms. The van der Waals surface area contributed by atoms with Crippen LogP contribution in [0, 0.1) is 6.92 Å². The van der Waals surface area contributed by atoms with E-state index in [4.69, 9.17) is 0 Å². The van der Waals surface area contributed by atoms with Crippen LogP contribution in [-0.4, -0.2) is 64.5 Å². The number of hydrogen-bond donors (Lipinski definition) is 1. The summed E-state index contributed by atoms with van der Waals surface area (Å²) in [6.07, 6.45) is 0. The molecule has 2 aliphatic heterocycles. The molecule has 5 nitrogen and oxygen atoms in total. The van der Waals surface area contributed by atoms with Crippen LogP contribution in [-0.2, 0) is 11.3 Å². The second-order valence-corrected chi connectivity index (χ2v) is 7.32. The summed E-state index contributed by atoms with van der Waals surface area (Å²) in [6.45, 7) is 6.52. The van der Waals surface area contributed by atoms with Crippen LogP contribution in [0.1, 0.15) is 10.7 Å². The summed E-state index contributed by atoms with van der Waals surface area (Å²) in [5, 5.41) is 6.51. The molecule has 1 aromatic rings. The maximum absolute atomic E-state index is 12.3. The molecule has 23 heavy (non-hydrogen) atoms. The smallest absolute Gasteiger partial charge is 0.240 e. The van der Waals surface area contributed by atoms with Gasteiger partial charge in [-0.3, -0.25) is 15.0 Å². The number of aryl methyl sites for hydroxylation is 1. The minimum atomic E-state index is 0. The lowest BCUT2D eigenvalue weighted by molar-refractivity contribution is -0.134. The Balaban J connectivity index is 0.00000161. The molecule has 1 aromatic heterocycles. The van der Waals surface area contributed by atoms with Crippen LogP contribution in [0.25, 0.3) is 0 Å². The molecule has 3 heterocycles. The number of nitrogens with one attached hydrogen (secondary N) is 1. The van der Waals surface area contributed by atoms with Crippen LogP contribution in [0.4, 0.5) is 0 Å². The highest BCUT2D eigenvalue weighted by molar-refractivity contribution is 7.99. The number of aromatic nitrogens is 1. The fraction of sp³-hybridized carbons (Fsp3) is 0.692. The molecule has 1 N–H and O–H groups in total. The molecule has 1 atom stereocenters. The first-order valence-electron chi connectivity index (χ1n) is 6.95. The van der Waals surface area contributed by atoms with Gasteiger partial charge in [-0.25, -0.2) is 4.98 Å². The van der Waals surface area contributed by atoms with Crippen molar-refractivity contribution in [3.8, 4) is 0 Å². The number of piperazine rings is 1. The molecule has 0 aromatic carbocycles. The summed E-state index contributed by atoms with van der Waals surface area (Å²) < 4.78 is 0. The fourth-order valence-corrected chi connectivity index (χ4v) is 4.15. The number of nitrogens with zero attached hydrogens (tertiary/aromatic N) is 3. The van der Waals surface area contributed by atoms with Crippen molar-refractivity contribution >= 4 is 66.2 Å². The molecule has 2 aliphatic rings. The number of thioether (sulfide) groups is 1. The molecular weight excluding hydrogens is 399 g/mol. The molecule has 1 unspecified atom stereocenters. The van der Waals surface area contributed by atoms with Gasteiger partial charge in [-0.1, -0.05) is 0 Å². The van der Waals surface area contributed by atoms with Gasteiger partial charge >= 0.3 is 0 Å². The Morgan fingerprint density at radius 1 is 1.30 bits per heavy atom. The molecule has 3 rings (SSSR count). The van der Waals surface area contributed by atoms with E-state index in [1.54, 1.807) is 23.1 Å². The van der Waals surface area contributed by atoms with Gasteiger partial charge in [-0.05, 0) is 6.92 Å². The number of thiazole rings is 1. The Hall–Kier alpha value is 0.240. The second kappa shape index (κ2) is 11.0.